The molecule has 0 amide bonds. The van der Waals surface area contributed by atoms with Crippen LogP contribution in [0.1, 0.15) is 11.1 Å². The summed E-state index contributed by atoms with van der Waals surface area (Å²) in [6.45, 7) is 0.0998. The minimum absolute atomic E-state index is 0.00560. The van der Waals surface area contributed by atoms with Crippen molar-refractivity contribution in [1.82, 2.24) is 0 Å². The third-order valence-electron chi connectivity index (χ3n) is 2.69. The molecular weight excluding hydrogens is 346 g/mol. The molecule has 6 heteroatoms. The Bertz CT molecular complexity index is 634. The average Bonchev–Trinajstić information content (AvgIpc) is 2.45. The first kappa shape index (κ1) is 14.8. The molecule has 0 saturated carbocycles. The third-order valence-corrected chi connectivity index (χ3v) is 3.57. The molecule has 0 aliphatic heterocycles. The number of rotatable bonds is 5. The maximum Gasteiger partial charge on any atom is 0.276 e. The topological polar surface area (TPSA) is 52.4 Å². The van der Waals surface area contributed by atoms with Crippen LogP contribution in [0, 0.1) is 10.1 Å². The number of alkyl halides is 1. The Morgan fingerprint density at radius 3 is 2.75 bits per heavy atom. The lowest BCUT2D eigenvalue weighted by atomic mass is 10.2. The van der Waals surface area contributed by atoms with Gasteiger partial charge in [0.15, 0.2) is 0 Å². The van der Waals surface area contributed by atoms with Crippen LogP contribution in [0.15, 0.2) is 42.5 Å². The number of nitro groups is 1. The van der Waals surface area contributed by atoms with Crippen LogP contribution >= 0.6 is 27.5 Å². The van der Waals surface area contributed by atoms with Crippen molar-refractivity contribution in [2.24, 2.45) is 0 Å². The Morgan fingerprint density at radius 2 is 2.05 bits per heavy atom. The van der Waals surface area contributed by atoms with E-state index in [1.165, 1.54) is 12.1 Å². The van der Waals surface area contributed by atoms with Gasteiger partial charge in [0.25, 0.3) is 5.69 Å². The molecule has 0 aliphatic rings. The predicted molar refractivity (Wildman–Crippen MR) is 81.5 cm³/mol. The molecule has 2 aromatic carbocycles. The Kier molecular flexibility index (Phi) is 4.98. The molecule has 0 unspecified atom stereocenters. The molecule has 0 aliphatic carbocycles. The first-order chi connectivity index (χ1) is 9.60. The summed E-state index contributed by atoms with van der Waals surface area (Å²) in [5.74, 6) is 0.663. The number of halogens is 2. The zero-order valence-corrected chi connectivity index (χ0v) is 12.7. The highest BCUT2D eigenvalue weighted by Crippen LogP contribution is 2.24. The summed E-state index contributed by atoms with van der Waals surface area (Å²) < 4.78 is 5.60. The molecule has 0 saturated heterocycles. The van der Waals surface area contributed by atoms with Gasteiger partial charge in [-0.2, -0.15) is 0 Å². The van der Waals surface area contributed by atoms with Crippen LogP contribution < -0.4 is 4.74 Å². The second-order valence-electron chi connectivity index (χ2n) is 4.10. The van der Waals surface area contributed by atoms with E-state index in [9.17, 15) is 10.1 Å². The summed E-state index contributed by atoms with van der Waals surface area (Å²) in [6.07, 6.45) is 0. The summed E-state index contributed by atoms with van der Waals surface area (Å²) in [7, 11) is 0. The lowest BCUT2D eigenvalue weighted by Crippen LogP contribution is -2.00. The molecule has 0 heterocycles. The SMILES string of the molecule is O=[N+]([O-])c1ccc(Cl)cc1COc1cccc(CBr)c1. The second-order valence-corrected chi connectivity index (χ2v) is 5.10. The van der Waals surface area contributed by atoms with E-state index < -0.39 is 4.92 Å². The van der Waals surface area contributed by atoms with E-state index in [0.29, 0.717) is 16.3 Å². The number of ether oxygens (including phenoxy) is 1. The molecule has 0 atom stereocenters. The van der Waals surface area contributed by atoms with E-state index in [1.54, 1.807) is 6.07 Å². The highest BCUT2D eigenvalue weighted by Gasteiger charge is 2.14. The van der Waals surface area contributed by atoms with Gasteiger partial charge in [0.05, 0.1) is 10.5 Å². The number of hydrogen-bond acceptors (Lipinski definition) is 3. The monoisotopic (exact) mass is 355 g/mol. The lowest BCUT2D eigenvalue weighted by molar-refractivity contribution is -0.385. The van der Waals surface area contributed by atoms with Gasteiger partial charge in [-0.3, -0.25) is 10.1 Å². The van der Waals surface area contributed by atoms with Gasteiger partial charge in [-0.1, -0.05) is 39.7 Å². The van der Waals surface area contributed by atoms with Crippen LogP contribution in [0.5, 0.6) is 5.75 Å². The Hall–Kier alpha value is -1.59. The van der Waals surface area contributed by atoms with E-state index in [1.807, 2.05) is 24.3 Å². The quantitative estimate of drug-likeness (QED) is 0.442. The predicted octanol–water partition coefficient (Wildman–Crippen LogP) is 4.72. The normalized spacial score (nSPS) is 10.3. The van der Waals surface area contributed by atoms with Crippen LogP contribution in [0.4, 0.5) is 5.69 Å². The molecule has 0 N–H and O–H groups in total. The van der Waals surface area contributed by atoms with E-state index in [4.69, 9.17) is 16.3 Å². The van der Waals surface area contributed by atoms with Crippen molar-refractivity contribution in [3.05, 3.63) is 68.7 Å². The highest BCUT2D eigenvalue weighted by atomic mass is 79.9. The van der Waals surface area contributed by atoms with Crippen molar-refractivity contribution in [2.75, 3.05) is 0 Å². The second kappa shape index (κ2) is 6.72. The van der Waals surface area contributed by atoms with Gasteiger partial charge >= 0.3 is 0 Å². The summed E-state index contributed by atoms with van der Waals surface area (Å²) in [6, 6.07) is 12.0. The van der Waals surface area contributed by atoms with Gasteiger partial charge in [-0.25, -0.2) is 0 Å². The van der Waals surface area contributed by atoms with Gasteiger partial charge in [0.1, 0.15) is 12.4 Å². The molecule has 2 aromatic rings. The van der Waals surface area contributed by atoms with Gasteiger partial charge in [-0.15, -0.1) is 0 Å². The first-order valence-corrected chi connectivity index (χ1v) is 7.30. The Morgan fingerprint density at radius 1 is 1.25 bits per heavy atom. The number of nitrogens with zero attached hydrogens (tertiary/aromatic N) is 1. The molecular formula is C14H11BrClNO3. The summed E-state index contributed by atoms with van der Waals surface area (Å²) >= 11 is 9.23. The average molecular weight is 357 g/mol. The summed E-state index contributed by atoms with van der Waals surface area (Å²) in [5.41, 5.74) is 1.53. The van der Waals surface area contributed by atoms with Crippen molar-refractivity contribution < 1.29 is 9.66 Å². The zero-order chi connectivity index (χ0) is 14.5. The minimum Gasteiger partial charge on any atom is -0.489 e. The van der Waals surface area contributed by atoms with Crippen molar-refractivity contribution in [1.29, 1.82) is 0 Å². The van der Waals surface area contributed by atoms with E-state index in [2.05, 4.69) is 15.9 Å². The molecule has 0 radical (unpaired) electrons. The van der Waals surface area contributed by atoms with Gasteiger partial charge < -0.3 is 4.74 Å². The minimum atomic E-state index is -0.441. The molecule has 104 valence electrons. The first-order valence-electron chi connectivity index (χ1n) is 5.80. The van der Waals surface area contributed by atoms with Crippen molar-refractivity contribution in [3.8, 4) is 5.75 Å². The molecule has 4 nitrogen and oxygen atoms in total. The van der Waals surface area contributed by atoms with Crippen LogP contribution in [-0.4, -0.2) is 4.92 Å². The molecule has 0 aromatic heterocycles. The number of benzene rings is 2. The maximum atomic E-state index is 10.9. The van der Waals surface area contributed by atoms with E-state index >= 15 is 0 Å². The van der Waals surface area contributed by atoms with Gasteiger partial charge in [0, 0.05) is 16.4 Å². The molecule has 2 rings (SSSR count). The fraction of sp³-hybridized carbons (Fsp3) is 0.143. The van der Waals surface area contributed by atoms with Gasteiger partial charge in [0.2, 0.25) is 0 Å². The van der Waals surface area contributed by atoms with Crippen LogP contribution in [-0.2, 0) is 11.9 Å². The third kappa shape index (κ3) is 3.71. The van der Waals surface area contributed by atoms with E-state index in [-0.39, 0.29) is 12.3 Å². The van der Waals surface area contributed by atoms with Crippen LogP contribution in [0.25, 0.3) is 0 Å². The van der Waals surface area contributed by atoms with Crippen LogP contribution in [0.3, 0.4) is 0 Å². The van der Waals surface area contributed by atoms with Crippen molar-refractivity contribution in [2.45, 2.75) is 11.9 Å². The van der Waals surface area contributed by atoms with E-state index in [0.717, 1.165) is 10.9 Å². The van der Waals surface area contributed by atoms with Crippen molar-refractivity contribution >= 4 is 33.2 Å². The fourth-order valence-corrected chi connectivity index (χ4v) is 2.27. The van der Waals surface area contributed by atoms with Crippen molar-refractivity contribution in [3.63, 3.8) is 0 Å². The molecule has 0 bridgehead atoms. The molecule has 0 fully saturated rings. The van der Waals surface area contributed by atoms with Crippen LogP contribution in [0.2, 0.25) is 5.02 Å². The molecule has 0 spiro atoms. The maximum absolute atomic E-state index is 10.9. The number of nitro benzene ring substituents is 1. The summed E-state index contributed by atoms with van der Waals surface area (Å²) in [5, 5.41) is 12.1. The summed E-state index contributed by atoms with van der Waals surface area (Å²) in [4.78, 5) is 10.5. The smallest absolute Gasteiger partial charge is 0.276 e. The highest BCUT2D eigenvalue weighted by molar-refractivity contribution is 9.08. The Labute approximate surface area is 129 Å². The van der Waals surface area contributed by atoms with Gasteiger partial charge in [-0.05, 0) is 29.8 Å². The number of hydrogen-bond donors (Lipinski definition) is 0. The largest absolute Gasteiger partial charge is 0.489 e. The lowest BCUT2D eigenvalue weighted by Gasteiger charge is -2.08. The molecule has 20 heavy (non-hydrogen) atoms. The standard InChI is InChI=1S/C14H11BrClNO3/c15-8-10-2-1-3-13(6-10)20-9-11-7-12(16)4-5-14(11)17(18)19/h1-7H,8-9H2. The Balaban J connectivity index is 2.17. The fourth-order valence-electron chi connectivity index (χ4n) is 1.73. The zero-order valence-electron chi connectivity index (χ0n) is 10.4.